The number of hydrogen-bond acceptors (Lipinski definition) is 3. The molecule has 3 heteroatoms. The van der Waals surface area contributed by atoms with Crippen molar-refractivity contribution in [1.82, 2.24) is 5.32 Å². The predicted molar refractivity (Wildman–Crippen MR) is 87.1 cm³/mol. The van der Waals surface area contributed by atoms with Crippen LogP contribution in [-0.4, -0.2) is 20.3 Å². The average molecular weight is 291 g/mol. The minimum Gasteiger partial charge on any atom is -0.493 e. The number of benzene rings is 1. The quantitative estimate of drug-likeness (QED) is 0.846. The van der Waals surface area contributed by atoms with Crippen molar-refractivity contribution in [3.05, 3.63) is 23.8 Å². The van der Waals surface area contributed by atoms with E-state index in [0.29, 0.717) is 12.1 Å². The molecule has 1 aliphatic rings. The number of rotatable bonds is 6. The van der Waals surface area contributed by atoms with Gasteiger partial charge in [0, 0.05) is 6.04 Å². The molecular weight excluding hydrogens is 262 g/mol. The van der Waals surface area contributed by atoms with Crippen LogP contribution in [0.25, 0.3) is 0 Å². The second-order valence-corrected chi connectivity index (χ2v) is 6.09. The van der Waals surface area contributed by atoms with Crippen LogP contribution in [0.4, 0.5) is 0 Å². The Kier molecular flexibility index (Phi) is 5.92. The van der Waals surface area contributed by atoms with Gasteiger partial charge in [0.1, 0.15) is 0 Å². The summed E-state index contributed by atoms with van der Waals surface area (Å²) < 4.78 is 11.7. The lowest BCUT2D eigenvalue weighted by molar-refractivity contribution is 0.126. The van der Waals surface area contributed by atoms with Gasteiger partial charge in [-0.15, -0.1) is 0 Å². The molecule has 1 N–H and O–H groups in total. The Balaban J connectivity index is 2.03. The van der Waals surface area contributed by atoms with Gasteiger partial charge in [-0.1, -0.05) is 19.4 Å². The molecule has 1 unspecified atom stereocenters. The molecule has 1 atom stereocenters. The molecule has 3 nitrogen and oxygen atoms in total. The summed E-state index contributed by atoms with van der Waals surface area (Å²) >= 11 is 0. The van der Waals surface area contributed by atoms with Crippen LogP contribution in [0.15, 0.2) is 18.2 Å². The van der Waals surface area contributed by atoms with E-state index in [1.165, 1.54) is 24.8 Å². The molecule has 0 heterocycles. The van der Waals surface area contributed by atoms with E-state index in [1.807, 2.05) is 13.1 Å². The molecule has 1 aromatic rings. The summed E-state index contributed by atoms with van der Waals surface area (Å²) in [5, 5.41) is 3.25. The Morgan fingerprint density at radius 3 is 2.48 bits per heavy atom. The molecule has 2 rings (SSSR count). The Morgan fingerprint density at radius 1 is 1.19 bits per heavy atom. The van der Waals surface area contributed by atoms with Crippen LogP contribution in [0.3, 0.4) is 0 Å². The fourth-order valence-electron chi connectivity index (χ4n) is 3.06. The maximum atomic E-state index is 6.19. The normalized spacial score (nSPS) is 23.6. The standard InChI is InChI=1S/C18H29NO2/c1-5-14-6-9-16(10-7-14)21-17-11-8-15(13(2)19-3)12-18(17)20-4/h8,11-14,16,19H,5-7,9-10H2,1-4H3. The molecular formula is C18H29NO2. The van der Waals surface area contributed by atoms with Crippen molar-refractivity contribution >= 4 is 0 Å². The van der Waals surface area contributed by atoms with Crippen molar-refractivity contribution in [1.29, 1.82) is 0 Å². The second-order valence-electron chi connectivity index (χ2n) is 6.09. The molecule has 1 saturated carbocycles. The van der Waals surface area contributed by atoms with Crippen LogP contribution < -0.4 is 14.8 Å². The van der Waals surface area contributed by atoms with Gasteiger partial charge < -0.3 is 14.8 Å². The molecule has 118 valence electrons. The maximum absolute atomic E-state index is 6.19. The maximum Gasteiger partial charge on any atom is 0.161 e. The molecule has 1 aromatic carbocycles. The lowest BCUT2D eigenvalue weighted by atomic mass is 9.86. The summed E-state index contributed by atoms with van der Waals surface area (Å²) in [5.74, 6) is 2.61. The molecule has 0 saturated heterocycles. The first-order chi connectivity index (χ1) is 10.2. The molecule has 0 bridgehead atoms. The highest BCUT2D eigenvalue weighted by atomic mass is 16.5. The van der Waals surface area contributed by atoms with E-state index in [2.05, 4.69) is 31.3 Å². The first-order valence-electron chi connectivity index (χ1n) is 8.19. The summed E-state index contributed by atoms with van der Waals surface area (Å²) in [6.45, 7) is 4.43. The highest BCUT2D eigenvalue weighted by molar-refractivity contribution is 5.44. The Labute approximate surface area is 129 Å². The minimum atomic E-state index is 0.313. The van der Waals surface area contributed by atoms with Gasteiger partial charge in [-0.2, -0.15) is 0 Å². The third-order valence-corrected chi connectivity index (χ3v) is 4.79. The molecule has 0 radical (unpaired) electrons. The lowest BCUT2D eigenvalue weighted by Gasteiger charge is -2.29. The van der Waals surface area contributed by atoms with Crippen molar-refractivity contribution in [2.45, 2.75) is 58.1 Å². The second kappa shape index (κ2) is 7.69. The van der Waals surface area contributed by atoms with Crippen LogP contribution in [0.1, 0.15) is 57.6 Å². The van der Waals surface area contributed by atoms with Crippen molar-refractivity contribution < 1.29 is 9.47 Å². The third-order valence-electron chi connectivity index (χ3n) is 4.79. The number of nitrogens with one attached hydrogen (secondary N) is 1. The number of hydrogen-bond donors (Lipinski definition) is 1. The zero-order valence-electron chi connectivity index (χ0n) is 13.8. The fraction of sp³-hybridized carbons (Fsp3) is 0.667. The van der Waals surface area contributed by atoms with Crippen LogP contribution >= 0.6 is 0 Å². The van der Waals surface area contributed by atoms with E-state index in [-0.39, 0.29) is 0 Å². The number of ether oxygens (including phenoxy) is 2. The van der Waals surface area contributed by atoms with E-state index in [1.54, 1.807) is 7.11 Å². The topological polar surface area (TPSA) is 30.5 Å². The molecule has 21 heavy (non-hydrogen) atoms. The predicted octanol–water partition coefficient (Wildman–Crippen LogP) is 4.32. The first-order valence-corrected chi connectivity index (χ1v) is 8.19. The Bertz CT molecular complexity index is 439. The number of methoxy groups -OCH3 is 1. The highest BCUT2D eigenvalue weighted by Crippen LogP contribution is 2.34. The largest absolute Gasteiger partial charge is 0.493 e. The average Bonchev–Trinajstić information content (AvgIpc) is 2.55. The zero-order chi connectivity index (χ0) is 15.2. The van der Waals surface area contributed by atoms with Crippen LogP contribution in [0.2, 0.25) is 0 Å². The van der Waals surface area contributed by atoms with Crippen LogP contribution in [0.5, 0.6) is 11.5 Å². The Hall–Kier alpha value is -1.22. The molecule has 1 fully saturated rings. The summed E-state index contributed by atoms with van der Waals surface area (Å²) in [4.78, 5) is 0. The zero-order valence-corrected chi connectivity index (χ0v) is 13.8. The molecule has 1 aliphatic carbocycles. The van der Waals surface area contributed by atoms with Crippen LogP contribution in [0, 0.1) is 5.92 Å². The summed E-state index contributed by atoms with van der Waals surface area (Å²) in [6, 6.07) is 6.56. The first kappa shape index (κ1) is 16.2. The van der Waals surface area contributed by atoms with E-state index < -0.39 is 0 Å². The van der Waals surface area contributed by atoms with Gasteiger partial charge in [-0.05, 0) is 63.3 Å². The summed E-state index contributed by atoms with van der Waals surface area (Å²) in [6.07, 6.45) is 6.55. The van der Waals surface area contributed by atoms with E-state index in [9.17, 15) is 0 Å². The smallest absolute Gasteiger partial charge is 0.161 e. The SMILES string of the molecule is CCC1CCC(Oc2ccc(C(C)NC)cc2OC)CC1. The van der Waals surface area contributed by atoms with Gasteiger partial charge in [0.25, 0.3) is 0 Å². The fourth-order valence-corrected chi connectivity index (χ4v) is 3.06. The van der Waals surface area contributed by atoms with Gasteiger partial charge in [-0.25, -0.2) is 0 Å². The van der Waals surface area contributed by atoms with E-state index in [4.69, 9.17) is 9.47 Å². The monoisotopic (exact) mass is 291 g/mol. The molecule has 0 aliphatic heterocycles. The van der Waals surface area contributed by atoms with Crippen molar-refractivity contribution in [2.24, 2.45) is 5.92 Å². The third kappa shape index (κ3) is 4.13. The van der Waals surface area contributed by atoms with Crippen molar-refractivity contribution in [2.75, 3.05) is 14.2 Å². The lowest BCUT2D eigenvalue weighted by Crippen LogP contribution is -2.24. The molecule has 0 spiro atoms. The summed E-state index contributed by atoms with van der Waals surface area (Å²) in [5.41, 5.74) is 1.22. The van der Waals surface area contributed by atoms with Crippen LogP contribution in [-0.2, 0) is 0 Å². The Morgan fingerprint density at radius 2 is 1.90 bits per heavy atom. The van der Waals surface area contributed by atoms with Gasteiger partial charge in [-0.3, -0.25) is 0 Å². The van der Waals surface area contributed by atoms with Gasteiger partial charge >= 0.3 is 0 Å². The molecule has 0 amide bonds. The molecule has 0 aromatic heterocycles. The van der Waals surface area contributed by atoms with E-state index in [0.717, 1.165) is 30.3 Å². The minimum absolute atomic E-state index is 0.313. The summed E-state index contributed by atoms with van der Waals surface area (Å²) in [7, 11) is 3.68. The van der Waals surface area contributed by atoms with Gasteiger partial charge in [0.2, 0.25) is 0 Å². The van der Waals surface area contributed by atoms with Crippen molar-refractivity contribution in [3.63, 3.8) is 0 Å². The van der Waals surface area contributed by atoms with E-state index >= 15 is 0 Å². The van der Waals surface area contributed by atoms with Crippen molar-refractivity contribution in [3.8, 4) is 11.5 Å². The van der Waals surface area contributed by atoms with Gasteiger partial charge in [0.15, 0.2) is 11.5 Å². The van der Waals surface area contributed by atoms with Gasteiger partial charge in [0.05, 0.1) is 13.2 Å². The highest BCUT2D eigenvalue weighted by Gasteiger charge is 2.22.